The van der Waals surface area contributed by atoms with E-state index in [9.17, 15) is 9.59 Å². The van der Waals surface area contributed by atoms with Crippen molar-refractivity contribution in [2.75, 3.05) is 13.1 Å². The van der Waals surface area contributed by atoms with E-state index in [1.54, 1.807) is 0 Å². The summed E-state index contributed by atoms with van der Waals surface area (Å²) in [5.41, 5.74) is 4.32. The maximum Gasteiger partial charge on any atom is 0.220 e. The second-order valence-electron chi connectivity index (χ2n) is 7.50. The van der Waals surface area contributed by atoms with Crippen molar-refractivity contribution >= 4 is 11.7 Å². The van der Waals surface area contributed by atoms with Gasteiger partial charge >= 0.3 is 0 Å². The Hall–Kier alpha value is -2.46. The number of Topliss-reactive ketones (excluding diaryl/α,β-unsaturated/α-hetero) is 1. The Balaban J connectivity index is 1.47. The topological polar surface area (TPSA) is 49.4 Å². The van der Waals surface area contributed by atoms with E-state index >= 15 is 0 Å². The number of carbonyl (C=O) groups is 2. The second kappa shape index (κ2) is 10.2. The standard InChI is InChI=1S/C24H30N2O2/c1-2-19-9-11-20(12-10-19)23(27)13-14-24(28)25-17-21-7-3-4-8-22(21)18-26-15-5-6-16-26/h3-4,7-12H,2,5-6,13-18H2,1H3,(H,25,28). The van der Waals surface area contributed by atoms with E-state index in [1.165, 1.54) is 24.0 Å². The molecule has 148 valence electrons. The summed E-state index contributed by atoms with van der Waals surface area (Å²) in [6.07, 6.45) is 3.97. The molecule has 1 saturated heterocycles. The molecule has 3 rings (SSSR count). The minimum atomic E-state index is -0.0745. The molecule has 1 amide bonds. The van der Waals surface area contributed by atoms with Crippen molar-refractivity contribution in [2.45, 2.75) is 52.1 Å². The van der Waals surface area contributed by atoms with Crippen LogP contribution in [-0.2, 0) is 24.3 Å². The van der Waals surface area contributed by atoms with Crippen LogP contribution >= 0.6 is 0 Å². The number of benzene rings is 2. The molecule has 1 N–H and O–H groups in total. The van der Waals surface area contributed by atoms with Crippen molar-refractivity contribution in [3.63, 3.8) is 0 Å². The highest BCUT2D eigenvalue weighted by Crippen LogP contribution is 2.16. The Bertz CT molecular complexity index is 793. The predicted molar refractivity (Wildman–Crippen MR) is 112 cm³/mol. The normalized spacial score (nSPS) is 14.2. The Kier molecular flexibility index (Phi) is 7.38. The number of carbonyl (C=O) groups excluding carboxylic acids is 2. The van der Waals surface area contributed by atoms with Gasteiger partial charge in [0.1, 0.15) is 0 Å². The molecule has 0 aliphatic carbocycles. The van der Waals surface area contributed by atoms with Crippen molar-refractivity contribution < 1.29 is 9.59 Å². The van der Waals surface area contributed by atoms with Crippen molar-refractivity contribution in [3.8, 4) is 0 Å². The van der Waals surface area contributed by atoms with Crippen LogP contribution in [0, 0.1) is 0 Å². The average Bonchev–Trinajstić information content (AvgIpc) is 3.24. The fraction of sp³-hybridized carbons (Fsp3) is 0.417. The zero-order valence-corrected chi connectivity index (χ0v) is 16.7. The van der Waals surface area contributed by atoms with E-state index in [-0.39, 0.29) is 24.5 Å². The first-order valence-corrected chi connectivity index (χ1v) is 10.3. The number of hydrogen-bond acceptors (Lipinski definition) is 3. The summed E-state index contributed by atoms with van der Waals surface area (Å²) < 4.78 is 0. The minimum absolute atomic E-state index is 0.0206. The van der Waals surface area contributed by atoms with Gasteiger partial charge in [-0.3, -0.25) is 14.5 Å². The molecule has 4 heteroatoms. The molecular weight excluding hydrogens is 348 g/mol. The van der Waals surface area contributed by atoms with E-state index < -0.39 is 0 Å². The number of rotatable bonds is 9. The average molecular weight is 379 g/mol. The summed E-state index contributed by atoms with van der Waals surface area (Å²) in [4.78, 5) is 27.0. The lowest BCUT2D eigenvalue weighted by molar-refractivity contribution is -0.121. The van der Waals surface area contributed by atoms with E-state index in [0.717, 1.165) is 31.6 Å². The molecule has 1 aliphatic heterocycles. The van der Waals surface area contributed by atoms with E-state index in [0.29, 0.717) is 12.1 Å². The first kappa shape index (κ1) is 20.3. The maximum absolute atomic E-state index is 12.3. The van der Waals surface area contributed by atoms with E-state index in [1.807, 2.05) is 30.3 Å². The van der Waals surface area contributed by atoms with E-state index in [2.05, 4.69) is 35.3 Å². The number of aryl methyl sites for hydroxylation is 1. The van der Waals surface area contributed by atoms with Gasteiger partial charge in [0.05, 0.1) is 0 Å². The highest BCUT2D eigenvalue weighted by molar-refractivity contribution is 5.97. The highest BCUT2D eigenvalue weighted by Gasteiger charge is 2.14. The van der Waals surface area contributed by atoms with Crippen molar-refractivity contribution in [2.24, 2.45) is 0 Å². The molecule has 1 aliphatic rings. The number of hydrogen-bond donors (Lipinski definition) is 1. The lowest BCUT2D eigenvalue weighted by atomic mass is 10.0. The van der Waals surface area contributed by atoms with Gasteiger partial charge in [-0.05, 0) is 49.0 Å². The van der Waals surface area contributed by atoms with Crippen molar-refractivity contribution in [3.05, 3.63) is 70.8 Å². The van der Waals surface area contributed by atoms with Gasteiger partial charge in [0, 0.05) is 31.5 Å². The van der Waals surface area contributed by atoms with Gasteiger partial charge in [-0.1, -0.05) is 55.5 Å². The molecule has 0 unspecified atom stereocenters. The van der Waals surface area contributed by atoms with Crippen LogP contribution in [0.3, 0.4) is 0 Å². The third-order valence-electron chi connectivity index (χ3n) is 5.45. The number of nitrogens with one attached hydrogen (secondary N) is 1. The van der Waals surface area contributed by atoms with Crippen LogP contribution < -0.4 is 5.32 Å². The molecule has 0 bridgehead atoms. The second-order valence-corrected chi connectivity index (χ2v) is 7.50. The van der Waals surface area contributed by atoms with Crippen LogP contribution in [0.2, 0.25) is 0 Å². The molecule has 0 atom stereocenters. The summed E-state index contributed by atoms with van der Waals surface area (Å²) >= 11 is 0. The van der Waals surface area contributed by atoms with Crippen LogP contribution in [0.25, 0.3) is 0 Å². The Labute approximate surface area is 167 Å². The van der Waals surface area contributed by atoms with Crippen LogP contribution in [0.4, 0.5) is 0 Å². The molecule has 2 aromatic carbocycles. The third-order valence-corrected chi connectivity index (χ3v) is 5.45. The minimum Gasteiger partial charge on any atom is -0.352 e. The van der Waals surface area contributed by atoms with Gasteiger partial charge in [-0.2, -0.15) is 0 Å². The molecule has 1 heterocycles. The van der Waals surface area contributed by atoms with Gasteiger partial charge in [0.25, 0.3) is 0 Å². The summed E-state index contributed by atoms with van der Waals surface area (Å²) in [6, 6.07) is 15.9. The Morgan fingerprint density at radius 3 is 2.29 bits per heavy atom. The van der Waals surface area contributed by atoms with Crippen LogP contribution in [0.5, 0.6) is 0 Å². The largest absolute Gasteiger partial charge is 0.352 e. The van der Waals surface area contributed by atoms with Crippen LogP contribution in [0.1, 0.15) is 59.7 Å². The van der Waals surface area contributed by atoms with E-state index in [4.69, 9.17) is 0 Å². The smallest absolute Gasteiger partial charge is 0.220 e. The predicted octanol–water partition coefficient (Wildman–Crippen LogP) is 4.12. The van der Waals surface area contributed by atoms with Crippen molar-refractivity contribution in [1.29, 1.82) is 0 Å². The monoisotopic (exact) mass is 378 g/mol. The molecule has 0 aromatic heterocycles. The molecule has 4 nitrogen and oxygen atoms in total. The quantitative estimate of drug-likeness (QED) is 0.668. The van der Waals surface area contributed by atoms with Crippen LogP contribution in [0.15, 0.2) is 48.5 Å². The SMILES string of the molecule is CCc1ccc(C(=O)CCC(=O)NCc2ccccc2CN2CCCC2)cc1. The summed E-state index contributed by atoms with van der Waals surface area (Å²) in [5.74, 6) is -0.0539. The highest BCUT2D eigenvalue weighted by atomic mass is 16.2. The molecular formula is C24H30N2O2. The van der Waals surface area contributed by atoms with Crippen molar-refractivity contribution in [1.82, 2.24) is 10.2 Å². The molecule has 2 aromatic rings. The first-order valence-electron chi connectivity index (χ1n) is 10.3. The Morgan fingerprint density at radius 2 is 1.61 bits per heavy atom. The molecule has 28 heavy (non-hydrogen) atoms. The maximum atomic E-state index is 12.3. The Morgan fingerprint density at radius 1 is 0.929 bits per heavy atom. The summed E-state index contributed by atoms with van der Waals surface area (Å²) in [5, 5.41) is 2.98. The number of likely N-dealkylation sites (tertiary alicyclic amines) is 1. The summed E-state index contributed by atoms with van der Waals surface area (Å²) in [6.45, 7) is 5.86. The lowest BCUT2D eigenvalue weighted by Gasteiger charge is -2.17. The number of ketones is 1. The van der Waals surface area contributed by atoms with Crippen LogP contribution in [-0.4, -0.2) is 29.7 Å². The van der Waals surface area contributed by atoms with Gasteiger partial charge in [-0.25, -0.2) is 0 Å². The zero-order chi connectivity index (χ0) is 19.8. The summed E-state index contributed by atoms with van der Waals surface area (Å²) in [7, 11) is 0. The van der Waals surface area contributed by atoms with Gasteiger partial charge in [-0.15, -0.1) is 0 Å². The molecule has 0 saturated carbocycles. The molecule has 0 radical (unpaired) electrons. The third kappa shape index (κ3) is 5.77. The fourth-order valence-corrected chi connectivity index (χ4v) is 3.65. The lowest BCUT2D eigenvalue weighted by Crippen LogP contribution is -2.25. The first-order chi connectivity index (χ1) is 13.7. The molecule has 1 fully saturated rings. The number of nitrogens with zero attached hydrogens (tertiary/aromatic N) is 1. The molecule has 0 spiro atoms. The van der Waals surface area contributed by atoms with Gasteiger partial charge < -0.3 is 5.32 Å². The zero-order valence-electron chi connectivity index (χ0n) is 16.7. The van der Waals surface area contributed by atoms with Gasteiger partial charge in [0.15, 0.2) is 5.78 Å². The van der Waals surface area contributed by atoms with Gasteiger partial charge in [0.2, 0.25) is 5.91 Å². The number of amides is 1. The fourth-order valence-electron chi connectivity index (χ4n) is 3.65.